The minimum atomic E-state index is 0.145. The lowest BCUT2D eigenvalue weighted by Crippen LogP contribution is -2.01. The Kier molecular flexibility index (Phi) is 5.60. The molecule has 0 spiro atoms. The molecule has 0 N–H and O–H groups in total. The van der Waals surface area contributed by atoms with Crippen molar-refractivity contribution in [1.29, 1.82) is 0 Å². The topological polar surface area (TPSA) is 51.6 Å². The van der Waals surface area contributed by atoms with Crippen LogP contribution in [0.4, 0.5) is 0 Å². The van der Waals surface area contributed by atoms with Crippen LogP contribution in [0.3, 0.4) is 0 Å². The van der Waals surface area contributed by atoms with E-state index in [1.165, 1.54) is 44.5 Å². The van der Waals surface area contributed by atoms with Crippen LogP contribution >= 0.6 is 0 Å². The molecule has 8 aromatic rings. The van der Waals surface area contributed by atoms with Crippen molar-refractivity contribution in [3.8, 4) is 67.7 Å². The molecule has 218 valence electrons. The highest BCUT2D eigenvalue weighted by Crippen LogP contribution is 2.58. The van der Waals surface area contributed by atoms with Gasteiger partial charge in [0.1, 0.15) is 0 Å². The molecule has 1 unspecified atom stereocenters. The summed E-state index contributed by atoms with van der Waals surface area (Å²) >= 11 is 0. The van der Waals surface area contributed by atoms with Gasteiger partial charge in [-0.15, -0.1) is 0 Å². The molecule has 2 heterocycles. The lowest BCUT2D eigenvalue weighted by Gasteiger charge is -2.18. The average Bonchev–Trinajstić information content (AvgIpc) is 3.66. The van der Waals surface area contributed by atoms with Gasteiger partial charge in [0.05, 0.1) is 5.69 Å². The number of nitrogens with zero attached hydrogens (tertiary/aromatic N) is 4. The molecule has 4 nitrogen and oxygen atoms in total. The third-order valence-electron chi connectivity index (χ3n) is 9.61. The van der Waals surface area contributed by atoms with Gasteiger partial charge in [0.25, 0.3) is 0 Å². The van der Waals surface area contributed by atoms with E-state index in [4.69, 9.17) is 19.9 Å². The Balaban J connectivity index is 1.21. The Morgan fingerprint density at radius 1 is 0.426 bits per heavy atom. The van der Waals surface area contributed by atoms with E-state index < -0.39 is 0 Å². The summed E-state index contributed by atoms with van der Waals surface area (Å²) in [5, 5.41) is 2.24. The molecule has 0 radical (unpaired) electrons. The second kappa shape index (κ2) is 10.1. The maximum absolute atomic E-state index is 5.17. The average molecular weight is 599 g/mol. The van der Waals surface area contributed by atoms with E-state index in [1.54, 1.807) is 0 Å². The van der Waals surface area contributed by atoms with Gasteiger partial charge in [-0.05, 0) is 44.3 Å². The molecule has 1 atom stereocenters. The Morgan fingerprint density at radius 3 is 1.74 bits per heavy atom. The molecule has 10 rings (SSSR count). The molecule has 2 aliphatic rings. The van der Waals surface area contributed by atoms with E-state index in [9.17, 15) is 0 Å². The number of fused-ring (bicyclic) bond motifs is 7. The van der Waals surface area contributed by atoms with Gasteiger partial charge < -0.3 is 0 Å². The fraction of sp³-hybridized carbons (Fsp3) is 0.0233. The summed E-state index contributed by atoms with van der Waals surface area (Å²) in [7, 11) is 0. The van der Waals surface area contributed by atoms with Crippen molar-refractivity contribution >= 4 is 10.8 Å². The van der Waals surface area contributed by atoms with E-state index in [0.717, 1.165) is 33.2 Å². The number of hydrogen-bond donors (Lipinski definition) is 0. The van der Waals surface area contributed by atoms with Gasteiger partial charge in [-0.25, -0.2) is 15.0 Å². The summed E-state index contributed by atoms with van der Waals surface area (Å²) in [5.41, 5.74) is 14.1. The monoisotopic (exact) mass is 598 g/mol. The van der Waals surface area contributed by atoms with E-state index in [1.807, 2.05) is 66.9 Å². The highest BCUT2D eigenvalue weighted by molar-refractivity contribution is 6.18. The fourth-order valence-electron chi connectivity index (χ4n) is 7.60. The largest absolute Gasteiger partial charge is 0.255 e. The van der Waals surface area contributed by atoms with Crippen molar-refractivity contribution < 1.29 is 0 Å². The number of rotatable bonds is 4. The Labute approximate surface area is 272 Å². The minimum Gasteiger partial charge on any atom is -0.255 e. The van der Waals surface area contributed by atoms with Crippen LogP contribution in [0.1, 0.15) is 22.6 Å². The molecule has 6 aromatic carbocycles. The van der Waals surface area contributed by atoms with Gasteiger partial charge >= 0.3 is 0 Å². The molecular formula is C43H26N4. The van der Waals surface area contributed by atoms with Crippen LogP contribution in [0.15, 0.2) is 152 Å². The normalized spacial score (nSPS) is 13.7. The summed E-state index contributed by atoms with van der Waals surface area (Å²) in [6.45, 7) is 0. The second-order valence-corrected chi connectivity index (χ2v) is 12.2. The first-order valence-electron chi connectivity index (χ1n) is 15.9. The quantitative estimate of drug-likeness (QED) is 0.202. The lowest BCUT2D eigenvalue weighted by atomic mass is 9.84. The zero-order chi connectivity index (χ0) is 30.9. The van der Waals surface area contributed by atoms with Gasteiger partial charge in [-0.2, -0.15) is 0 Å². The van der Waals surface area contributed by atoms with Gasteiger partial charge in [-0.3, -0.25) is 4.98 Å². The predicted molar refractivity (Wildman–Crippen MR) is 189 cm³/mol. The molecule has 0 amide bonds. The maximum atomic E-state index is 5.17. The van der Waals surface area contributed by atoms with Crippen molar-refractivity contribution in [3.63, 3.8) is 0 Å². The maximum Gasteiger partial charge on any atom is 0.166 e. The second-order valence-electron chi connectivity index (χ2n) is 12.2. The molecule has 0 saturated carbocycles. The van der Waals surface area contributed by atoms with Crippen molar-refractivity contribution in [2.45, 2.75) is 5.92 Å². The predicted octanol–water partition coefficient (Wildman–Crippen LogP) is 10.2. The van der Waals surface area contributed by atoms with Gasteiger partial charge in [-0.1, -0.05) is 146 Å². The summed E-state index contributed by atoms with van der Waals surface area (Å²) in [5.74, 6) is 2.04. The zero-order valence-electron chi connectivity index (χ0n) is 25.3. The van der Waals surface area contributed by atoms with Crippen LogP contribution in [-0.2, 0) is 0 Å². The third kappa shape index (κ3) is 3.88. The molecule has 2 aliphatic carbocycles. The molecule has 2 aromatic heterocycles. The van der Waals surface area contributed by atoms with Crippen molar-refractivity contribution in [3.05, 3.63) is 168 Å². The van der Waals surface area contributed by atoms with Crippen molar-refractivity contribution in [2.75, 3.05) is 0 Å². The molecule has 0 bridgehead atoms. The van der Waals surface area contributed by atoms with Crippen LogP contribution in [-0.4, -0.2) is 19.9 Å². The smallest absolute Gasteiger partial charge is 0.166 e. The Morgan fingerprint density at radius 2 is 1.02 bits per heavy atom. The molecule has 47 heavy (non-hydrogen) atoms. The van der Waals surface area contributed by atoms with E-state index in [-0.39, 0.29) is 5.92 Å². The zero-order valence-corrected chi connectivity index (χ0v) is 25.3. The van der Waals surface area contributed by atoms with Gasteiger partial charge in [0.2, 0.25) is 0 Å². The SMILES string of the molecule is c1ccc(-c2nc(-c3ccccc3)nc(-c3cnc4c5c(cccc35)-c3c-4ccc4c3C(c3ccccc3)c3ccccc3-4)n2)cc1. The molecule has 0 fully saturated rings. The van der Waals surface area contributed by atoms with Crippen LogP contribution in [0, 0.1) is 0 Å². The number of benzene rings is 6. The van der Waals surface area contributed by atoms with Crippen molar-refractivity contribution in [1.82, 2.24) is 19.9 Å². The highest BCUT2D eigenvalue weighted by atomic mass is 15.0. The van der Waals surface area contributed by atoms with Crippen molar-refractivity contribution in [2.24, 2.45) is 0 Å². The highest BCUT2D eigenvalue weighted by Gasteiger charge is 2.37. The van der Waals surface area contributed by atoms with E-state index in [2.05, 4.69) is 84.9 Å². The first kappa shape index (κ1) is 26.0. The summed E-state index contributed by atoms with van der Waals surface area (Å²) < 4.78 is 0. The summed E-state index contributed by atoms with van der Waals surface area (Å²) in [6.07, 6.45) is 1.95. The fourth-order valence-corrected chi connectivity index (χ4v) is 7.60. The number of pyridine rings is 1. The Bertz CT molecular complexity index is 2450. The van der Waals surface area contributed by atoms with Crippen LogP contribution in [0.5, 0.6) is 0 Å². The summed E-state index contributed by atoms with van der Waals surface area (Å²) in [6, 6.07) is 51.1. The number of aromatic nitrogens is 4. The standard InChI is InChI=1S/C43H26N4/c1-4-13-26(14-5-1)36-30-20-11-10-19-29(30)32-23-24-34-37(39(32)36)33-22-12-21-31-35(25-44-40(34)38(31)33)43-46-41(27-15-6-2-7-16-27)45-42(47-43)28-17-8-3-9-18-28/h1-25,36H. The third-order valence-corrected chi connectivity index (χ3v) is 9.61. The van der Waals surface area contributed by atoms with Gasteiger partial charge in [0, 0.05) is 39.8 Å². The first-order valence-corrected chi connectivity index (χ1v) is 15.9. The Hall–Kier alpha value is -6.26. The van der Waals surface area contributed by atoms with Crippen LogP contribution in [0.2, 0.25) is 0 Å². The van der Waals surface area contributed by atoms with E-state index in [0.29, 0.717) is 17.5 Å². The van der Waals surface area contributed by atoms with E-state index >= 15 is 0 Å². The minimum absolute atomic E-state index is 0.145. The van der Waals surface area contributed by atoms with Gasteiger partial charge in [0.15, 0.2) is 17.5 Å². The summed E-state index contributed by atoms with van der Waals surface area (Å²) in [4.78, 5) is 20.2. The van der Waals surface area contributed by atoms with Crippen LogP contribution in [0.25, 0.3) is 78.4 Å². The van der Waals surface area contributed by atoms with Crippen LogP contribution < -0.4 is 0 Å². The molecule has 0 aliphatic heterocycles. The molecule has 4 heteroatoms. The first-order chi connectivity index (χ1) is 23.3. The number of hydrogen-bond acceptors (Lipinski definition) is 4. The molecule has 0 saturated heterocycles. The lowest BCUT2D eigenvalue weighted by molar-refractivity contribution is 1.02. The molecular weight excluding hydrogens is 573 g/mol.